The molecule has 0 fully saturated rings. The largest absolute Gasteiger partial charge is 0.463 e. The number of benzene rings is 1. The molecule has 25 heavy (non-hydrogen) atoms. The smallest absolute Gasteiger partial charge is 0.416 e. The van der Waals surface area contributed by atoms with Crippen LogP contribution in [0.15, 0.2) is 42.1 Å². The topological polar surface area (TPSA) is 39.2 Å². The summed E-state index contributed by atoms with van der Waals surface area (Å²) >= 11 is 0. The predicted molar refractivity (Wildman–Crippen MR) is 88.1 cm³/mol. The molecule has 0 radical (unpaired) electrons. The van der Waals surface area contributed by atoms with E-state index in [1.807, 2.05) is 6.08 Å². The second-order valence-corrected chi connectivity index (χ2v) is 5.99. The van der Waals surface area contributed by atoms with Crippen molar-refractivity contribution in [2.45, 2.75) is 38.3 Å². The van der Waals surface area contributed by atoms with Crippen molar-refractivity contribution in [1.29, 1.82) is 0 Å². The number of carbonyl (C=O) groups is 1. The number of nitrogens with zero attached hydrogens (tertiary/aromatic N) is 1. The van der Waals surface area contributed by atoms with E-state index in [-0.39, 0.29) is 24.0 Å². The first-order chi connectivity index (χ1) is 11.9. The average Bonchev–Trinajstić information content (AvgIpc) is 2.60. The van der Waals surface area contributed by atoms with Gasteiger partial charge in [-0.3, -0.25) is 4.98 Å². The van der Waals surface area contributed by atoms with Gasteiger partial charge in [0.05, 0.1) is 17.7 Å². The molecule has 0 aliphatic heterocycles. The summed E-state index contributed by atoms with van der Waals surface area (Å²) in [6.07, 6.45) is 1.43. The number of allylic oxidation sites excluding steroid dienone is 1. The lowest BCUT2D eigenvalue weighted by Crippen LogP contribution is -2.18. The predicted octanol–water partition coefficient (Wildman–Crippen LogP) is 5.01. The fourth-order valence-electron chi connectivity index (χ4n) is 3.29. The maximum Gasteiger partial charge on any atom is 0.416 e. The van der Waals surface area contributed by atoms with Gasteiger partial charge >= 0.3 is 12.1 Å². The standard InChI is InChI=1S/C19H18F3NO2/c1-2-25-18(24)16-6-4-3-5-13(16)14-9-10-23-17-11-12(19(20,21)22)7-8-15(14)17/h6-11,13H,2-5H2,1H3. The quantitative estimate of drug-likeness (QED) is 0.731. The lowest BCUT2D eigenvalue weighted by Gasteiger charge is -2.24. The third kappa shape index (κ3) is 3.52. The third-order valence-corrected chi connectivity index (χ3v) is 4.43. The van der Waals surface area contributed by atoms with E-state index < -0.39 is 11.7 Å². The number of hydrogen-bond acceptors (Lipinski definition) is 3. The summed E-state index contributed by atoms with van der Waals surface area (Å²) in [5, 5.41) is 0.637. The van der Waals surface area contributed by atoms with Crippen molar-refractivity contribution in [1.82, 2.24) is 4.98 Å². The number of hydrogen-bond donors (Lipinski definition) is 0. The average molecular weight is 349 g/mol. The van der Waals surface area contributed by atoms with Gasteiger partial charge in [0.1, 0.15) is 0 Å². The molecule has 0 saturated heterocycles. The minimum absolute atomic E-state index is 0.185. The Balaban J connectivity index is 2.07. The molecule has 3 rings (SSSR count). The highest BCUT2D eigenvalue weighted by Crippen LogP contribution is 2.39. The Kier molecular flexibility index (Phi) is 4.79. The van der Waals surface area contributed by atoms with E-state index in [1.165, 1.54) is 12.3 Å². The van der Waals surface area contributed by atoms with Crippen LogP contribution in [0.25, 0.3) is 10.9 Å². The number of rotatable bonds is 3. The summed E-state index contributed by atoms with van der Waals surface area (Å²) in [5.74, 6) is -0.542. The fourth-order valence-corrected chi connectivity index (χ4v) is 3.29. The minimum Gasteiger partial charge on any atom is -0.463 e. The van der Waals surface area contributed by atoms with Crippen molar-refractivity contribution >= 4 is 16.9 Å². The summed E-state index contributed by atoms with van der Waals surface area (Å²) in [7, 11) is 0. The summed E-state index contributed by atoms with van der Waals surface area (Å²) in [5.41, 5.74) is 0.953. The molecule has 1 aliphatic carbocycles. The molecular weight excluding hydrogens is 331 g/mol. The highest BCUT2D eigenvalue weighted by atomic mass is 19.4. The lowest BCUT2D eigenvalue weighted by molar-refractivity contribution is -0.139. The van der Waals surface area contributed by atoms with E-state index >= 15 is 0 Å². The van der Waals surface area contributed by atoms with E-state index in [0.717, 1.165) is 37.0 Å². The number of esters is 1. The number of alkyl halides is 3. The molecule has 1 heterocycles. The SMILES string of the molecule is CCOC(=O)C1=CCCCC1c1ccnc2cc(C(F)(F)F)ccc12. The number of ether oxygens (including phenoxy) is 1. The molecule has 132 valence electrons. The first-order valence-corrected chi connectivity index (χ1v) is 8.25. The van der Waals surface area contributed by atoms with Gasteiger partial charge in [-0.25, -0.2) is 4.79 Å². The van der Waals surface area contributed by atoms with Gasteiger partial charge in [0.25, 0.3) is 0 Å². The van der Waals surface area contributed by atoms with Crippen molar-refractivity contribution in [3.8, 4) is 0 Å². The molecule has 6 heteroatoms. The highest BCUT2D eigenvalue weighted by Gasteiger charge is 2.32. The molecule has 0 saturated carbocycles. The van der Waals surface area contributed by atoms with Crippen LogP contribution in [0.1, 0.15) is 43.2 Å². The van der Waals surface area contributed by atoms with E-state index in [2.05, 4.69) is 4.98 Å². The van der Waals surface area contributed by atoms with Crippen LogP contribution in [-0.2, 0) is 15.7 Å². The van der Waals surface area contributed by atoms with Crippen molar-refractivity contribution < 1.29 is 22.7 Å². The third-order valence-electron chi connectivity index (χ3n) is 4.43. The van der Waals surface area contributed by atoms with Crippen molar-refractivity contribution in [2.24, 2.45) is 0 Å². The summed E-state index contributed by atoms with van der Waals surface area (Å²) in [6.45, 7) is 2.03. The molecule has 1 unspecified atom stereocenters. The van der Waals surface area contributed by atoms with Crippen molar-refractivity contribution in [2.75, 3.05) is 6.61 Å². The molecule has 3 nitrogen and oxygen atoms in total. The van der Waals surface area contributed by atoms with E-state index in [0.29, 0.717) is 11.0 Å². The van der Waals surface area contributed by atoms with E-state index in [9.17, 15) is 18.0 Å². The molecule has 1 aliphatic rings. The first-order valence-electron chi connectivity index (χ1n) is 8.25. The summed E-state index contributed by atoms with van der Waals surface area (Å²) in [6, 6.07) is 5.33. The van der Waals surface area contributed by atoms with Gasteiger partial charge in [0.2, 0.25) is 0 Å². The van der Waals surface area contributed by atoms with Gasteiger partial charge in [0, 0.05) is 23.1 Å². The number of halogens is 3. The van der Waals surface area contributed by atoms with Crippen molar-refractivity contribution in [3.05, 3.63) is 53.2 Å². The normalized spacial score (nSPS) is 18.1. The van der Waals surface area contributed by atoms with Gasteiger partial charge in [-0.05, 0) is 49.9 Å². The van der Waals surface area contributed by atoms with Crippen LogP contribution < -0.4 is 0 Å². The van der Waals surface area contributed by atoms with Crippen LogP contribution >= 0.6 is 0 Å². The molecule has 1 aromatic heterocycles. The Morgan fingerprint density at radius 2 is 2.12 bits per heavy atom. The van der Waals surface area contributed by atoms with Crippen LogP contribution in [0.4, 0.5) is 13.2 Å². The number of aromatic nitrogens is 1. The van der Waals surface area contributed by atoms with Crippen molar-refractivity contribution in [3.63, 3.8) is 0 Å². The van der Waals surface area contributed by atoms with E-state index in [4.69, 9.17) is 4.74 Å². The van der Waals surface area contributed by atoms with Crippen LogP contribution in [0, 0.1) is 0 Å². The number of pyridine rings is 1. The zero-order valence-electron chi connectivity index (χ0n) is 13.8. The minimum atomic E-state index is -4.41. The number of carbonyl (C=O) groups excluding carboxylic acids is 1. The van der Waals surface area contributed by atoms with Gasteiger partial charge in [0.15, 0.2) is 0 Å². The van der Waals surface area contributed by atoms with E-state index in [1.54, 1.807) is 13.0 Å². The van der Waals surface area contributed by atoms with Gasteiger partial charge in [-0.2, -0.15) is 13.2 Å². The Hall–Kier alpha value is -2.37. The Morgan fingerprint density at radius 1 is 1.32 bits per heavy atom. The molecule has 0 N–H and O–H groups in total. The lowest BCUT2D eigenvalue weighted by atomic mass is 9.81. The Bertz CT molecular complexity index is 827. The van der Waals surface area contributed by atoms with Gasteiger partial charge in [-0.1, -0.05) is 12.1 Å². The summed E-state index contributed by atoms with van der Waals surface area (Å²) in [4.78, 5) is 16.3. The molecule has 1 aromatic carbocycles. The monoisotopic (exact) mass is 349 g/mol. The Morgan fingerprint density at radius 3 is 2.84 bits per heavy atom. The molecule has 1 atom stereocenters. The van der Waals surface area contributed by atoms with Crippen LogP contribution in [0.5, 0.6) is 0 Å². The molecular formula is C19H18F3NO2. The van der Waals surface area contributed by atoms with Gasteiger partial charge in [-0.15, -0.1) is 0 Å². The molecule has 0 spiro atoms. The second-order valence-electron chi connectivity index (χ2n) is 5.99. The zero-order valence-corrected chi connectivity index (χ0v) is 13.8. The van der Waals surface area contributed by atoms with Crippen LogP contribution in [0.3, 0.4) is 0 Å². The fraction of sp³-hybridized carbons (Fsp3) is 0.368. The molecule has 0 amide bonds. The van der Waals surface area contributed by atoms with Crippen LogP contribution in [-0.4, -0.2) is 17.6 Å². The maximum atomic E-state index is 12.9. The molecule has 0 bridgehead atoms. The summed E-state index contributed by atoms with van der Waals surface area (Å²) < 4.78 is 43.9. The molecule has 2 aromatic rings. The Labute approximate surface area is 143 Å². The first kappa shape index (κ1) is 17.5. The second kappa shape index (κ2) is 6.86. The maximum absolute atomic E-state index is 12.9. The van der Waals surface area contributed by atoms with Crippen LogP contribution in [0.2, 0.25) is 0 Å². The van der Waals surface area contributed by atoms with Gasteiger partial charge < -0.3 is 4.74 Å². The number of fused-ring (bicyclic) bond motifs is 1. The zero-order chi connectivity index (χ0) is 18.0. The highest BCUT2D eigenvalue weighted by molar-refractivity contribution is 5.92.